The van der Waals surface area contributed by atoms with Crippen LogP contribution in [0.25, 0.3) is 0 Å². The Morgan fingerprint density at radius 2 is 2.30 bits per heavy atom. The number of carboxylic acid groups (broad SMARTS) is 1. The lowest BCUT2D eigenvalue weighted by atomic mass is 10.1. The second-order valence-corrected chi connectivity index (χ2v) is 5.40. The first-order chi connectivity index (χ1) is 11.1. The van der Waals surface area contributed by atoms with Gasteiger partial charge in [0, 0.05) is 46.4 Å². The zero-order valence-corrected chi connectivity index (χ0v) is 13.1. The van der Waals surface area contributed by atoms with Crippen molar-refractivity contribution in [2.24, 2.45) is 5.92 Å². The molecule has 1 aliphatic heterocycles. The van der Waals surface area contributed by atoms with Crippen LogP contribution in [0.15, 0.2) is 6.20 Å². The standard InChI is InChI=1S/C13H22N6O4/c1-23-5-2-14-13(22)19-4-3-18(7-10(8-19)12(20)21)9-11-6-15-17-16-11/h6,10H,2-5,7-9H2,1H3,(H,14,22)(H,20,21)(H,15,16,17)/t10-/m1/s1. The largest absolute Gasteiger partial charge is 0.481 e. The lowest BCUT2D eigenvalue weighted by molar-refractivity contribution is -0.142. The minimum absolute atomic E-state index is 0.184. The molecule has 0 bridgehead atoms. The Morgan fingerprint density at radius 1 is 1.48 bits per heavy atom. The number of urea groups is 1. The fourth-order valence-electron chi connectivity index (χ4n) is 2.47. The Labute approximate surface area is 133 Å². The summed E-state index contributed by atoms with van der Waals surface area (Å²) in [5.74, 6) is -1.55. The molecule has 2 amide bonds. The van der Waals surface area contributed by atoms with Gasteiger partial charge in [-0.1, -0.05) is 0 Å². The number of H-pyrrole nitrogens is 1. The smallest absolute Gasteiger partial charge is 0.317 e. The van der Waals surface area contributed by atoms with Crippen LogP contribution in [-0.2, 0) is 16.1 Å². The predicted molar refractivity (Wildman–Crippen MR) is 79.6 cm³/mol. The topological polar surface area (TPSA) is 124 Å². The van der Waals surface area contributed by atoms with E-state index in [0.717, 1.165) is 5.69 Å². The van der Waals surface area contributed by atoms with Gasteiger partial charge in [-0.2, -0.15) is 15.4 Å². The van der Waals surface area contributed by atoms with Gasteiger partial charge in [0.1, 0.15) is 0 Å². The Hall–Kier alpha value is -2.20. The van der Waals surface area contributed by atoms with Crippen LogP contribution >= 0.6 is 0 Å². The molecule has 0 aliphatic carbocycles. The van der Waals surface area contributed by atoms with E-state index in [1.54, 1.807) is 13.3 Å². The van der Waals surface area contributed by atoms with Crippen LogP contribution in [-0.4, -0.2) is 88.8 Å². The Morgan fingerprint density at radius 3 is 2.96 bits per heavy atom. The summed E-state index contributed by atoms with van der Waals surface area (Å²) in [6.45, 7) is 2.90. The average Bonchev–Trinajstić information content (AvgIpc) is 2.92. The van der Waals surface area contributed by atoms with Gasteiger partial charge in [-0.05, 0) is 0 Å². The van der Waals surface area contributed by atoms with Gasteiger partial charge in [0.05, 0.1) is 24.4 Å². The third kappa shape index (κ3) is 5.18. The molecule has 2 rings (SSSR count). The second kappa shape index (κ2) is 8.44. The fraction of sp³-hybridized carbons (Fsp3) is 0.692. The highest BCUT2D eigenvalue weighted by atomic mass is 16.5. The van der Waals surface area contributed by atoms with Crippen molar-refractivity contribution in [3.05, 3.63) is 11.9 Å². The molecule has 23 heavy (non-hydrogen) atoms. The van der Waals surface area contributed by atoms with Crippen molar-refractivity contribution in [1.29, 1.82) is 0 Å². The molecule has 1 atom stereocenters. The highest BCUT2D eigenvalue weighted by molar-refractivity contribution is 5.76. The monoisotopic (exact) mass is 326 g/mol. The van der Waals surface area contributed by atoms with Crippen molar-refractivity contribution in [2.45, 2.75) is 6.54 Å². The van der Waals surface area contributed by atoms with Crippen LogP contribution in [0.4, 0.5) is 4.79 Å². The lowest BCUT2D eigenvalue weighted by Crippen LogP contribution is -2.44. The van der Waals surface area contributed by atoms with E-state index in [4.69, 9.17) is 4.74 Å². The molecule has 1 fully saturated rings. The van der Waals surface area contributed by atoms with Crippen molar-refractivity contribution >= 4 is 12.0 Å². The maximum atomic E-state index is 12.1. The number of carboxylic acids is 1. The van der Waals surface area contributed by atoms with E-state index >= 15 is 0 Å². The molecule has 1 aromatic heterocycles. The number of amides is 2. The molecule has 0 saturated carbocycles. The van der Waals surface area contributed by atoms with Crippen molar-refractivity contribution < 1.29 is 19.4 Å². The summed E-state index contributed by atoms with van der Waals surface area (Å²) in [6, 6.07) is -0.267. The Bertz CT molecular complexity index is 509. The fourth-order valence-corrected chi connectivity index (χ4v) is 2.47. The van der Waals surface area contributed by atoms with E-state index in [2.05, 4.69) is 20.7 Å². The molecule has 1 aliphatic rings. The second-order valence-electron chi connectivity index (χ2n) is 5.40. The minimum Gasteiger partial charge on any atom is -0.481 e. The average molecular weight is 326 g/mol. The summed E-state index contributed by atoms with van der Waals surface area (Å²) in [7, 11) is 1.56. The first-order valence-corrected chi connectivity index (χ1v) is 7.41. The first-order valence-electron chi connectivity index (χ1n) is 7.41. The van der Waals surface area contributed by atoms with Crippen LogP contribution in [0.3, 0.4) is 0 Å². The van der Waals surface area contributed by atoms with E-state index in [9.17, 15) is 14.7 Å². The molecule has 3 N–H and O–H groups in total. The van der Waals surface area contributed by atoms with Gasteiger partial charge in [-0.3, -0.25) is 9.69 Å². The third-order valence-corrected chi connectivity index (χ3v) is 3.67. The first kappa shape index (κ1) is 17.2. The summed E-state index contributed by atoms with van der Waals surface area (Å²) in [4.78, 5) is 27.1. The van der Waals surface area contributed by atoms with Crippen molar-refractivity contribution in [3.63, 3.8) is 0 Å². The molecule has 0 spiro atoms. The van der Waals surface area contributed by atoms with Gasteiger partial charge in [-0.25, -0.2) is 4.79 Å². The van der Waals surface area contributed by atoms with Crippen LogP contribution < -0.4 is 5.32 Å². The number of methoxy groups -OCH3 is 1. The third-order valence-electron chi connectivity index (χ3n) is 3.67. The van der Waals surface area contributed by atoms with Crippen LogP contribution in [0, 0.1) is 5.92 Å². The number of carbonyl (C=O) groups is 2. The van der Waals surface area contributed by atoms with E-state index in [1.807, 2.05) is 4.90 Å². The Balaban J connectivity index is 1.96. The molecular weight excluding hydrogens is 304 g/mol. The molecular formula is C13H22N6O4. The van der Waals surface area contributed by atoms with Crippen LogP contribution in [0.2, 0.25) is 0 Å². The van der Waals surface area contributed by atoms with Gasteiger partial charge in [0.15, 0.2) is 0 Å². The molecule has 0 unspecified atom stereocenters. The number of ether oxygens (including phenoxy) is 1. The molecule has 10 heteroatoms. The minimum atomic E-state index is -0.910. The number of aromatic amines is 1. The molecule has 1 saturated heterocycles. The van der Waals surface area contributed by atoms with Gasteiger partial charge < -0.3 is 20.1 Å². The number of carbonyl (C=O) groups excluding carboxylic acids is 1. The van der Waals surface area contributed by atoms with E-state index in [-0.39, 0.29) is 12.6 Å². The van der Waals surface area contributed by atoms with Crippen molar-refractivity contribution in [3.8, 4) is 0 Å². The van der Waals surface area contributed by atoms with E-state index < -0.39 is 11.9 Å². The number of nitrogens with one attached hydrogen (secondary N) is 2. The number of hydrogen-bond donors (Lipinski definition) is 3. The summed E-state index contributed by atoms with van der Waals surface area (Å²) in [5, 5.41) is 22.4. The quantitative estimate of drug-likeness (QED) is 0.572. The van der Waals surface area contributed by atoms with Crippen LogP contribution in [0.1, 0.15) is 5.69 Å². The summed E-state index contributed by atoms with van der Waals surface area (Å²) >= 11 is 0. The highest BCUT2D eigenvalue weighted by Gasteiger charge is 2.30. The van der Waals surface area contributed by atoms with Gasteiger partial charge in [0.2, 0.25) is 0 Å². The van der Waals surface area contributed by atoms with Crippen molar-refractivity contribution in [2.75, 3.05) is 46.4 Å². The van der Waals surface area contributed by atoms with Crippen LogP contribution in [0.5, 0.6) is 0 Å². The number of aromatic nitrogens is 3. The molecule has 0 radical (unpaired) electrons. The van der Waals surface area contributed by atoms with Crippen molar-refractivity contribution in [1.82, 2.24) is 30.5 Å². The van der Waals surface area contributed by atoms with Gasteiger partial charge in [-0.15, -0.1) is 0 Å². The lowest BCUT2D eigenvalue weighted by Gasteiger charge is -2.22. The van der Waals surface area contributed by atoms with E-state index in [1.165, 1.54) is 4.90 Å². The van der Waals surface area contributed by atoms with Gasteiger partial charge >= 0.3 is 12.0 Å². The zero-order valence-electron chi connectivity index (χ0n) is 13.1. The molecule has 128 valence electrons. The summed E-state index contributed by atoms with van der Waals surface area (Å²) in [5.41, 5.74) is 0.743. The molecule has 10 nitrogen and oxygen atoms in total. The molecule has 2 heterocycles. The highest BCUT2D eigenvalue weighted by Crippen LogP contribution is 2.12. The molecule has 1 aromatic rings. The molecule has 0 aromatic carbocycles. The number of nitrogens with zero attached hydrogens (tertiary/aromatic N) is 4. The SMILES string of the molecule is COCCNC(=O)N1CCN(Cc2cn[nH]n2)C[C@@H](C(=O)O)C1. The predicted octanol–water partition coefficient (Wildman–Crippen LogP) is -1.02. The van der Waals surface area contributed by atoms with E-state index in [0.29, 0.717) is 39.3 Å². The number of hydrogen-bond acceptors (Lipinski definition) is 6. The zero-order chi connectivity index (χ0) is 16.7. The number of rotatable bonds is 6. The Kier molecular flexibility index (Phi) is 6.29. The van der Waals surface area contributed by atoms with Gasteiger partial charge in [0.25, 0.3) is 0 Å². The maximum Gasteiger partial charge on any atom is 0.317 e. The normalized spacial score (nSPS) is 19.3. The summed E-state index contributed by atoms with van der Waals surface area (Å²) in [6.07, 6.45) is 1.61. The number of aliphatic carboxylic acids is 1. The summed E-state index contributed by atoms with van der Waals surface area (Å²) < 4.78 is 4.89. The maximum absolute atomic E-state index is 12.1.